The summed E-state index contributed by atoms with van der Waals surface area (Å²) in [4.78, 5) is 25.5. The van der Waals surface area contributed by atoms with Crippen LogP contribution in [0.2, 0.25) is 0 Å². The molecule has 7 rings (SSSR count). The zero-order valence-electron chi connectivity index (χ0n) is 21.8. The number of benzene rings is 2. The Morgan fingerprint density at radius 2 is 1.69 bits per heavy atom. The standard InChI is InChI=1S/C29H33F2N3O4S/c1-16-8-22(5-7-23(16)24-6-2-20(30)11-25(24)31)39(37,38)34(21-3-4-21)15-26(35)33-27-18-9-17-10-19(27)14-29(12-17,13-18)28(32)36/h2,5-8,11,17-19,21,27H,3-4,9-10,12-15H2,1H3,(H2,32,36)(H,33,35). The van der Waals surface area contributed by atoms with E-state index in [9.17, 15) is 26.8 Å². The molecule has 5 aliphatic carbocycles. The number of amides is 2. The number of nitrogens with two attached hydrogens (primary N) is 1. The highest BCUT2D eigenvalue weighted by molar-refractivity contribution is 7.89. The van der Waals surface area contributed by atoms with Crippen LogP contribution in [0.1, 0.15) is 50.5 Å². The van der Waals surface area contributed by atoms with E-state index in [1.54, 1.807) is 6.92 Å². The normalized spacial score (nSPS) is 29.5. The summed E-state index contributed by atoms with van der Waals surface area (Å²) in [5.41, 5.74) is 6.51. The van der Waals surface area contributed by atoms with Crippen molar-refractivity contribution in [2.75, 3.05) is 6.54 Å². The van der Waals surface area contributed by atoms with Gasteiger partial charge in [0.05, 0.1) is 11.4 Å². The summed E-state index contributed by atoms with van der Waals surface area (Å²) in [5, 5.41) is 3.14. The molecule has 2 aromatic carbocycles. The first-order valence-electron chi connectivity index (χ1n) is 13.6. The van der Waals surface area contributed by atoms with Crippen molar-refractivity contribution in [1.82, 2.24) is 9.62 Å². The van der Waals surface area contributed by atoms with Crippen LogP contribution in [0.3, 0.4) is 0 Å². The van der Waals surface area contributed by atoms with Crippen LogP contribution in [0.25, 0.3) is 11.1 Å². The molecule has 7 nitrogen and oxygen atoms in total. The largest absolute Gasteiger partial charge is 0.369 e. The Balaban J connectivity index is 1.19. The van der Waals surface area contributed by atoms with Crippen molar-refractivity contribution < 1.29 is 26.8 Å². The summed E-state index contributed by atoms with van der Waals surface area (Å²) in [6, 6.07) is 7.38. The minimum Gasteiger partial charge on any atom is -0.369 e. The molecule has 0 heterocycles. The molecule has 10 heteroatoms. The average molecular weight is 558 g/mol. The van der Waals surface area contributed by atoms with Gasteiger partial charge in [-0.25, -0.2) is 17.2 Å². The maximum absolute atomic E-state index is 14.4. The van der Waals surface area contributed by atoms with Gasteiger partial charge in [-0.1, -0.05) is 6.07 Å². The van der Waals surface area contributed by atoms with E-state index in [1.807, 2.05) is 0 Å². The van der Waals surface area contributed by atoms with Crippen LogP contribution < -0.4 is 11.1 Å². The molecular formula is C29H33F2N3O4S. The van der Waals surface area contributed by atoms with E-state index < -0.39 is 27.1 Å². The number of sulfonamides is 1. The lowest BCUT2D eigenvalue weighted by Crippen LogP contribution is -2.62. The minimum absolute atomic E-state index is 0.0315. The molecule has 5 aliphatic rings. The monoisotopic (exact) mass is 557 g/mol. The SMILES string of the molecule is Cc1cc(S(=O)(=O)N(CC(=O)NC2C3CC4CC2CC(C(N)=O)(C4)C3)C2CC2)ccc1-c1ccc(F)cc1F. The molecule has 208 valence electrons. The van der Waals surface area contributed by atoms with Crippen LogP contribution >= 0.6 is 0 Å². The molecule has 0 saturated heterocycles. The number of hydrogen-bond donors (Lipinski definition) is 2. The zero-order valence-corrected chi connectivity index (χ0v) is 22.6. The number of carbonyl (C=O) groups excluding carboxylic acids is 2. The number of carbonyl (C=O) groups is 2. The van der Waals surface area contributed by atoms with E-state index in [1.165, 1.54) is 28.6 Å². The maximum Gasteiger partial charge on any atom is 0.243 e. The Bertz CT molecular complexity index is 1440. The number of nitrogens with zero attached hydrogens (tertiary/aromatic N) is 1. The van der Waals surface area contributed by atoms with Gasteiger partial charge in [0.15, 0.2) is 0 Å². The van der Waals surface area contributed by atoms with Crippen molar-refractivity contribution in [2.45, 2.75) is 68.8 Å². The van der Waals surface area contributed by atoms with Gasteiger partial charge in [-0.15, -0.1) is 0 Å². The predicted molar refractivity (Wildman–Crippen MR) is 141 cm³/mol. The summed E-state index contributed by atoms with van der Waals surface area (Å²) in [6.07, 6.45) is 5.50. The van der Waals surface area contributed by atoms with Gasteiger partial charge in [0.25, 0.3) is 0 Å². The summed E-state index contributed by atoms with van der Waals surface area (Å²) >= 11 is 0. The highest BCUT2D eigenvalue weighted by atomic mass is 32.2. The molecule has 5 fully saturated rings. The van der Waals surface area contributed by atoms with E-state index in [0.29, 0.717) is 42.7 Å². The molecule has 0 spiro atoms. The maximum atomic E-state index is 14.4. The topological polar surface area (TPSA) is 110 Å². The number of primary amides is 1. The van der Waals surface area contributed by atoms with E-state index in [4.69, 9.17) is 5.73 Å². The van der Waals surface area contributed by atoms with Crippen molar-refractivity contribution >= 4 is 21.8 Å². The lowest BCUT2D eigenvalue weighted by atomic mass is 9.47. The van der Waals surface area contributed by atoms with Crippen LogP contribution in [-0.2, 0) is 19.6 Å². The van der Waals surface area contributed by atoms with Crippen molar-refractivity contribution in [3.8, 4) is 11.1 Å². The molecule has 0 aromatic heterocycles. The smallest absolute Gasteiger partial charge is 0.243 e. The summed E-state index contributed by atoms with van der Waals surface area (Å²) in [7, 11) is -4.00. The quantitative estimate of drug-likeness (QED) is 0.513. The molecule has 2 atom stereocenters. The molecule has 4 bridgehead atoms. The number of aryl methyl sites for hydroxylation is 1. The van der Waals surface area contributed by atoms with Crippen molar-refractivity contribution in [1.29, 1.82) is 0 Å². The molecule has 0 aliphatic heterocycles. The average Bonchev–Trinajstić information content (AvgIpc) is 3.70. The molecule has 0 radical (unpaired) electrons. The van der Waals surface area contributed by atoms with Gasteiger partial charge in [-0.2, -0.15) is 4.31 Å². The van der Waals surface area contributed by atoms with E-state index in [-0.39, 0.29) is 52.7 Å². The van der Waals surface area contributed by atoms with Crippen molar-refractivity contribution in [3.05, 3.63) is 53.6 Å². The van der Waals surface area contributed by atoms with Gasteiger partial charge >= 0.3 is 0 Å². The van der Waals surface area contributed by atoms with Crippen LogP contribution in [0, 0.1) is 41.7 Å². The van der Waals surface area contributed by atoms with Gasteiger partial charge in [0.2, 0.25) is 21.8 Å². The molecule has 2 amide bonds. The number of nitrogens with one attached hydrogen (secondary N) is 1. The number of halogens is 2. The first-order chi connectivity index (χ1) is 18.5. The van der Waals surface area contributed by atoms with Gasteiger partial charge in [0, 0.05) is 29.1 Å². The fraction of sp³-hybridized carbons (Fsp3) is 0.517. The highest BCUT2D eigenvalue weighted by Crippen LogP contribution is 2.59. The third kappa shape index (κ3) is 4.65. The summed E-state index contributed by atoms with van der Waals surface area (Å²) in [6.45, 7) is 1.40. The fourth-order valence-corrected chi connectivity index (χ4v) is 9.38. The van der Waals surface area contributed by atoms with Crippen LogP contribution in [-0.4, -0.2) is 43.2 Å². The first-order valence-corrected chi connectivity index (χ1v) is 15.1. The lowest BCUT2D eigenvalue weighted by Gasteiger charge is -2.58. The first kappa shape index (κ1) is 26.4. The Labute approximate surface area is 227 Å². The molecule has 5 saturated carbocycles. The Morgan fingerprint density at radius 3 is 2.28 bits per heavy atom. The number of rotatable bonds is 8. The Kier molecular flexibility index (Phi) is 6.34. The molecule has 2 aromatic rings. The summed E-state index contributed by atoms with van der Waals surface area (Å²) < 4.78 is 56.4. The second-order valence-electron chi connectivity index (χ2n) is 12.1. The fourth-order valence-electron chi connectivity index (χ4n) is 7.65. The molecular weight excluding hydrogens is 524 g/mol. The Morgan fingerprint density at radius 1 is 1.03 bits per heavy atom. The highest BCUT2D eigenvalue weighted by Gasteiger charge is 2.58. The zero-order chi connectivity index (χ0) is 27.7. The van der Waals surface area contributed by atoms with Crippen LogP contribution in [0.15, 0.2) is 41.3 Å². The van der Waals surface area contributed by atoms with Crippen LogP contribution in [0.4, 0.5) is 8.78 Å². The summed E-state index contributed by atoms with van der Waals surface area (Å²) in [5.74, 6) is -1.16. The number of hydrogen-bond acceptors (Lipinski definition) is 4. The van der Waals surface area contributed by atoms with Gasteiger partial charge in [-0.05, 0) is 105 Å². The van der Waals surface area contributed by atoms with E-state index in [0.717, 1.165) is 31.4 Å². The third-order valence-corrected chi connectivity index (χ3v) is 11.3. The van der Waals surface area contributed by atoms with Crippen molar-refractivity contribution in [2.24, 2.45) is 28.9 Å². The second-order valence-corrected chi connectivity index (χ2v) is 14.0. The predicted octanol–water partition coefficient (Wildman–Crippen LogP) is 3.89. The molecule has 2 unspecified atom stereocenters. The van der Waals surface area contributed by atoms with Crippen LogP contribution in [0.5, 0.6) is 0 Å². The third-order valence-electron chi connectivity index (χ3n) is 9.40. The lowest BCUT2D eigenvalue weighted by molar-refractivity contribution is -0.147. The minimum atomic E-state index is -4.00. The Hall–Kier alpha value is -2.85. The van der Waals surface area contributed by atoms with Gasteiger partial charge in [-0.3, -0.25) is 9.59 Å². The van der Waals surface area contributed by atoms with Crippen molar-refractivity contribution in [3.63, 3.8) is 0 Å². The van der Waals surface area contributed by atoms with E-state index in [2.05, 4.69) is 5.32 Å². The molecule has 3 N–H and O–H groups in total. The molecule has 39 heavy (non-hydrogen) atoms. The van der Waals surface area contributed by atoms with Gasteiger partial charge in [0.1, 0.15) is 11.6 Å². The van der Waals surface area contributed by atoms with E-state index >= 15 is 0 Å². The second kappa shape index (κ2) is 9.37. The van der Waals surface area contributed by atoms with Gasteiger partial charge < -0.3 is 11.1 Å².